The molecule has 1 atom stereocenters. The molecule has 0 radical (unpaired) electrons. The topological polar surface area (TPSA) is 59.5 Å². The molecular weight excluding hydrogens is 324 g/mol. The molecule has 0 aliphatic heterocycles. The zero-order chi connectivity index (χ0) is 18.5. The van der Waals surface area contributed by atoms with Crippen molar-refractivity contribution < 1.29 is 14.3 Å². The number of hydrogen-bond acceptors (Lipinski definition) is 5. The average molecular weight is 355 g/mol. The summed E-state index contributed by atoms with van der Waals surface area (Å²) in [6.07, 6.45) is 1.54. The highest BCUT2D eigenvalue weighted by molar-refractivity contribution is 7.09. The molecule has 6 heteroatoms. The molecule has 0 aromatic carbocycles. The first kappa shape index (κ1) is 20.6. The fourth-order valence-electron chi connectivity index (χ4n) is 2.82. The molecule has 0 bridgehead atoms. The van der Waals surface area contributed by atoms with Crippen LogP contribution in [-0.4, -0.2) is 34.9 Å². The number of rotatable bonds is 7. The predicted molar refractivity (Wildman–Crippen MR) is 97.0 cm³/mol. The average Bonchev–Trinajstić information content (AvgIpc) is 2.89. The molecule has 1 heterocycles. The van der Waals surface area contributed by atoms with Crippen molar-refractivity contribution >= 4 is 23.2 Å². The first-order valence-electron chi connectivity index (χ1n) is 8.35. The summed E-state index contributed by atoms with van der Waals surface area (Å²) < 4.78 is 4.67. The van der Waals surface area contributed by atoms with Crippen LogP contribution in [0.25, 0.3) is 0 Å². The zero-order valence-electron chi connectivity index (χ0n) is 15.9. The largest absolute Gasteiger partial charge is 0.464 e. The second kappa shape index (κ2) is 8.60. The van der Waals surface area contributed by atoms with Crippen LogP contribution in [0.1, 0.15) is 69.9 Å². The Balaban J connectivity index is 2.74. The minimum atomic E-state index is -0.446. The molecule has 24 heavy (non-hydrogen) atoms. The number of carbonyl (C=O) groups excluding carboxylic acids is 2. The summed E-state index contributed by atoms with van der Waals surface area (Å²) in [5.74, 6) is 0.0240. The maximum Gasteiger partial charge on any atom is 0.357 e. The maximum absolute atomic E-state index is 12.7. The Hall–Kier alpha value is -1.43. The molecule has 0 fully saturated rings. The van der Waals surface area contributed by atoms with E-state index in [1.165, 1.54) is 18.4 Å². The zero-order valence-corrected chi connectivity index (χ0v) is 16.7. The summed E-state index contributed by atoms with van der Waals surface area (Å²) in [4.78, 5) is 30.3. The molecule has 1 aromatic rings. The second-order valence-electron chi connectivity index (χ2n) is 7.81. The minimum Gasteiger partial charge on any atom is -0.464 e. The van der Waals surface area contributed by atoms with Gasteiger partial charge in [-0.25, -0.2) is 9.78 Å². The van der Waals surface area contributed by atoms with E-state index in [4.69, 9.17) is 0 Å². The SMILES string of the molecule is COC(=O)c1csc(CN(C(=O)C[C@H](C)CC(C)(C)C)C(C)C)n1. The Kier molecular flexibility index (Phi) is 7.39. The van der Waals surface area contributed by atoms with E-state index in [2.05, 4.69) is 37.4 Å². The van der Waals surface area contributed by atoms with Crippen molar-refractivity contribution in [3.8, 4) is 0 Å². The van der Waals surface area contributed by atoms with Crippen molar-refractivity contribution in [3.63, 3.8) is 0 Å². The standard InChI is InChI=1S/C18H30N2O3S/c1-12(2)20(16(21)8-13(3)9-18(4,5)6)10-15-19-14(11-24-15)17(22)23-7/h11-13H,8-10H2,1-7H3/t13-/m0/s1. The van der Waals surface area contributed by atoms with Gasteiger partial charge in [0.2, 0.25) is 5.91 Å². The lowest BCUT2D eigenvalue weighted by molar-refractivity contribution is -0.134. The van der Waals surface area contributed by atoms with Crippen LogP contribution in [0.4, 0.5) is 0 Å². The van der Waals surface area contributed by atoms with E-state index in [-0.39, 0.29) is 17.4 Å². The van der Waals surface area contributed by atoms with Crippen molar-refractivity contribution in [3.05, 3.63) is 16.1 Å². The number of esters is 1. The van der Waals surface area contributed by atoms with Crippen LogP contribution in [-0.2, 0) is 16.1 Å². The normalized spacial score (nSPS) is 13.0. The van der Waals surface area contributed by atoms with Gasteiger partial charge in [-0.15, -0.1) is 11.3 Å². The van der Waals surface area contributed by atoms with Gasteiger partial charge >= 0.3 is 5.97 Å². The first-order chi connectivity index (χ1) is 11.0. The summed E-state index contributed by atoms with van der Waals surface area (Å²) in [6.45, 7) is 13.1. The van der Waals surface area contributed by atoms with Crippen LogP contribution in [0.2, 0.25) is 0 Å². The van der Waals surface area contributed by atoms with Gasteiger partial charge in [0.25, 0.3) is 0 Å². The van der Waals surface area contributed by atoms with Crippen LogP contribution < -0.4 is 0 Å². The first-order valence-corrected chi connectivity index (χ1v) is 9.23. The van der Waals surface area contributed by atoms with E-state index >= 15 is 0 Å². The van der Waals surface area contributed by atoms with Crippen molar-refractivity contribution in [2.75, 3.05) is 7.11 Å². The third-order valence-corrected chi connectivity index (χ3v) is 4.51. The van der Waals surface area contributed by atoms with E-state index in [1.54, 1.807) is 5.38 Å². The van der Waals surface area contributed by atoms with Crippen molar-refractivity contribution in [1.29, 1.82) is 0 Å². The molecular formula is C18H30N2O3S. The Labute approximate surface area is 149 Å². The Bertz CT molecular complexity index is 561. The van der Waals surface area contributed by atoms with Gasteiger partial charge in [0.05, 0.1) is 13.7 Å². The number of aromatic nitrogens is 1. The molecule has 0 spiro atoms. The molecule has 136 valence electrons. The number of carbonyl (C=O) groups is 2. The van der Waals surface area contributed by atoms with Crippen LogP contribution in [0.3, 0.4) is 0 Å². The van der Waals surface area contributed by atoms with E-state index in [0.29, 0.717) is 24.6 Å². The fraction of sp³-hybridized carbons (Fsp3) is 0.722. The summed E-state index contributed by atoms with van der Waals surface area (Å²) in [5.41, 5.74) is 0.516. The molecule has 0 saturated carbocycles. The highest BCUT2D eigenvalue weighted by Crippen LogP contribution is 2.27. The van der Waals surface area contributed by atoms with Gasteiger partial charge in [0.1, 0.15) is 5.01 Å². The van der Waals surface area contributed by atoms with Gasteiger partial charge in [0, 0.05) is 17.8 Å². The van der Waals surface area contributed by atoms with Gasteiger partial charge in [-0.2, -0.15) is 0 Å². The van der Waals surface area contributed by atoms with Crippen LogP contribution in [0, 0.1) is 11.3 Å². The minimum absolute atomic E-state index is 0.0878. The third kappa shape index (κ3) is 6.59. The summed E-state index contributed by atoms with van der Waals surface area (Å²) in [5, 5.41) is 2.42. The van der Waals surface area contributed by atoms with Gasteiger partial charge in [-0.1, -0.05) is 27.7 Å². The van der Waals surface area contributed by atoms with E-state index in [1.807, 2.05) is 18.7 Å². The summed E-state index contributed by atoms with van der Waals surface area (Å²) in [6, 6.07) is 0.0878. The lowest BCUT2D eigenvalue weighted by Gasteiger charge is -2.29. The summed E-state index contributed by atoms with van der Waals surface area (Å²) >= 11 is 1.38. The smallest absolute Gasteiger partial charge is 0.357 e. The number of methoxy groups -OCH3 is 1. The molecule has 1 amide bonds. The quantitative estimate of drug-likeness (QED) is 0.691. The number of thiazole rings is 1. The maximum atomic E-state index is 12.7. The number of amides is 1. The van der Waals surface area contributed by atoms with Gasteiger partial charge < -0.3 is 9.64 Å². The number of hydrogen-bond donors (Lipinski definition) is 0. The van der Waals surface area contributed by atoms with Crippen LogP contribution in [0.5, 0.6) is 0 Å². The highest BCUT2D eigenvalue weighted by atomic mass is 32.1. The van der Waals surface area contributed by atoms with E-state index < -0.39 is 5.97 Å². The van der Waals surface area contributed by atoms with Gasteiger partial charge in [0.15, 0.2) is 5.69 Å². The fourth-order valence-corrected chi connectivity index (χ4v) is 3.58. The monoisotopic (exact) mass is 354 g/mol. The highest BCUT2D eigenvalue weighted by Gasteiger charge is 2.24. The lowest BCUT2D eigenvalue weighted by atomic mass is 9.84. The Morgan fingerprint density at radius 1 is 1.29 bits per heavy atom. The third-order valence-electron chi connectivity index (χ3n) is 3.68. The van der Waals surface area contributed by atoms with Crippen LogP contribution >= 0.6 is 11.3 Å². The van der Waals surface area contributed by atoms with Crippen molar-refractivity contribution in [2.45, 2.75) is 67.0 Å². The molecule has 0 aliphatic rings. The Morgan fingerprint density at radius 3 is 2.42 bits per heavy atom. The molecule has 0 aliphatic carbocycles. The number of ether oxygens (including phenoxy) is 1. The predicted octanol–water partition coefficient (Wildman–Crippen LogP) is 4.13. The molecule has 1 rings (SSSR count). The second-order valence-corrected chi connectivity index (χ2v) is 8.75. The van der Waals surface area contributed by atoms with Crippen molar-refractivity contribution in [2.24, 2.45) is 11.3 Å². The number of nitrogens with zero attached hydrogens (tertiary/aromatic N) is 2. The Morgan fingerprint density at radius 2 is 1.92 bits per heavy atom. The molecule has 0 unspecified atom stereocenters. The van der Waals surface area contributed by atoms with Crippen LogP contribution in [0.15, 0.2) is 5.38 Å². The van der Waals surface area contributed by atoms with Gasteiger partial charge in [-0.3, -0.25) is 4.79 Å². The van der Waals surface area contributed by atoms with E-state index in [0.717, 1.165) is 11.4 Å². The van der Waals surface area contributed by atoms with Crippen molar-refractivity contribution in [1.82, 2.24) is 9.88 Å². The van der Waals surface area contributed by atoms with E-state index in [9.17, 15) is 9.59 Å². The molecule has 5 nitrogen and oxygen atoms in total. The molecule has 0 N–H and O–H groups in total. The van der Waals surface area contributed by atoms with Gasteiger partial charge in [-0.05, 0) is 31.6 Å². The molecule has 1 aromatic heterocycles. The lowest BCUT2D eigenvalue weighted by Crippen LogP contribution is -2.37. The summed E-state index contributed by atoms with van der Waals surface area (Å²) in [7, 11) is 1.34. The molecule has 0 saturated heterocycles.